The Kier molecular flexibility index (Phi) is 7.19. The molecular formula is C29H26F3N5O2. The summed E-state index contributed by atoms with van der Waals surface area (Å²) in [5.41, 5.74) is 9.81. The van der Waals surface area contributed by atoms with Gasteiger partial charge in [0.05, 0.1) is 28.7 Å². The molecule has 5 rings (SSSR count). The van der Waals surface area contributed by atoms with Crippen molar-refractivity contribution < 1.29 is 22.7 Å². The van der Waals surface area contributed by atoms with Gasteiger partial charge in [-0.3, -0.25) is 14.5 Å². The maximum absolute atomic E-state index is 12.8. The number of allylic oxidation sites excluding steroid dienone is 1. The van der Waals surface area contributed by atoms with Crippen LogP contribution in [0.5, 0.6) is 11.6 Å². The van der Waals surface area contributed by atoms with Crippen LogP contribution in [0.4, 0.5) is 13.2 Å². The maximum atomic E-state index is 12.8. The van der Waals surface area contributed by atoms with Crippen LogP contribution in [0, 0.1) is 0 Å². The number of benzene rings is 1. The van der Waals surface area contributed by atoms with Gasteiger partial charge in [0.15, 0.2) is 0 Å². The van der Waals surface area contributed by atoms with Crippen molar-refractivity contribution in [3.63, 3.8) is 0 Å². The third-order valence-corrected chi connectivity index (χ3v) is 6.72. The van der Waals surface area contributed by atoms with Gasteiger partial charge >= 0.3 is 6.18 Å². The highest BCUT2D eigenvalue weighted by Gasteiger charge is 2.30. The number of aromatic nitrogens is 4. The van der Waals surface area contributed by atoms with E-state index in [0.29, 0.717) is 11.3 Å². The van der Waals surface area contributed by atoms with Gasteiger partial charge in [-0.25, -0.2) is 4.98 Å². The summed E-state index contributed by atoms with van der Waals surface area (Å²) in [5.74, 6) is 0.171. The minimum Gasteiger partial charge on any atom is -0.439 e. The second-order valence-electron chi connectivity index (χ2n) is 9.53. The molecule has 1 amide bonds. The Morgan fingerprint density at radius 3 is 2.54 bits per heavy atom. The Labute approximate surface area is 223 Å². The van der Waals surface area contributed by atoms with Crippen molar-refractivity contribution in [3.05, 3.63) is 95.1 Å². The fourth-order valence-electron chi connectivity index (χ4n) is 4.75. The number of ether oxygens (including phenoxy) is 1. The van der Waals surface area contributed by atoms with Gasteiger partial charge in [0.25, 0.3) is 5.91 Å². The monoisotopic (exact) mass is 533 g/mol. The first-order valence-electron chi connectivity index (χ1n) is 12.5. The van der Waals surface area contributed by atoms with Crippen LogP contribution in [0.3, 0.4) is 0 Å². The smallest absolute Gasteiger partial charge is 0.417 e. The summed E-state index contributed by atoms with van der Waals surface area (Å²) in [7, 11) is 1.84. The molecule has 0 saturated heterocycles. The molecule has 0 radical (unpaired) electrons. The van der Waals surface area contributed by atoms with Gasteiger partial charge in [-0.1, -0.05) is 23.8 Å². The fourth-order valence-corrected chi connectivity index (χ4v) is 4.75. The number of alkyl halides is 3. The van der Waals surface area contributed by atoms with Crippen molar-refractivity contribution in [2.75, 3.05) is 0 Å². The number of pyridine rings is 2. The van der Waals surface area contributed by atoms with Crippen molar-refractivity contribution in [2.24, 2.45) is 12.8 Å². The van der Waals surface area contributed by atoms with E-state index in [-0.39, 0.29) is 11.8 Å². The average molecular weight is 534 g/mol. The van der Waals surface area contributed by atoms with Gasteiger partial charge < -0.3 is 10.5 Å². The summed E-state index contributed by atoms with van der Waals surface area (Å²) >= 11 is 0. The zero-order chi connectivity index (χ0) is 27.6. The Morgan fingerprint density at radius 1 is 1.10 bits per heavy atom. The number of nitrogens with two attached hydrogens (primary N) is 1. The summed E-state index contributed by atoms with van der Waals surface area (Å²) in [6, 6.07) is 13.0. The molecule has 1 fully saturated rings. The van der Waals surface area contributed by atoms with Crippen molar-refractivity contribution in [1.82, 2.24) is 19.7 Å². The molecule has 2 N–H and O–H groups in total. The van der Waals surface area contributed by atoms with Gasteiger partial charge in [-0.2, -0.15) is 18.3 Å². The second kappa shape index (κ2) is 10.7. The van der Waals surface area contributed by atoms with Crippen LogP contribution < -0.4 is 10.5 Å². The van der Waals surface area contributed by atoms with Crippen LogP contribution in [0.2, 0.25) is 0 Å². The van der Waals surface area contributed by atoms with Crippen molar-refractivity contribution in [3.8, 4) is 22.9 Å². The van der Waals surface area contributed by atoms with E-state index in [9.17, 15) is 18.0 Å². The summed E-state index contributed by atoms with van der Waals surface area (Å²) in [6.45, 7) is 0. The van der Waals surface area contributed by atoms with E-state index in [1.165, 1.54) is 11.6 Å². The standard InChI is InChI=1S/C29H26F3N5O2/c1-37-17-21(15-35-37)25-11-10-24(28(33)38)27(36-25)20-7-5-18(6-8-20)13-19-3-2-4-23(14-19)39-26-12-9-22(16-34-26)29(30,31)32/h2-4,9-17,20H,5-8H2,1H3,(H2,33,38). The van der Waals surface area contributed by atoms with Crippen LogP contribution in [-0.4, -0.2) is 25.7 Å². The molecule has 39 heavy (non-hydrogen) atoms. The molecule has 0 atom stereocenters. The minimum absolute atomic E-state index is 0.0829. The number of nitrogens with zero attached hydrogens (tertiary/aromatic N) is 4. The number of carbonyl (C=O) groups is 1. The summed E-state index contributed by atoms with van der Waals surface area (Å²) in [5, 5.41) is 4.21. The number of amides is 1. The topological polar surface area (TPSA) is 95.9 Å². The third-order valence-electron chi connectivity index (χ3n) is 6.72. The molecule has 0 bridgehead atoms. The summed E-state index contributed by atoms with van der Waals surface area (Å²) in [4.78, 5) is 20.7. The van der Waals surface area contributed by atoms with Crippen LogP contribution in [0.15, 0.2) is 72.7 Å². The SMILES string of the molecule is Cn1cc(-c2ccc(C(N)=O)c(C3CCC(=Cc4cccc(Oc5ccc(C(F)(F)F)cn5)c4)CC3)n2)cn1. The minimum atomic E-state index is -4.45. The Bertz CT molecular complexity index is 1520. The normalized spacial score (nSPS) is 15.7. The van der Waals surface area contributed by atoms with Crippen LogP contribution in [-0.2, 0) is 13.2 Å². The van der Waals surface area contributed by atoms with E-state index in [4.69, 9.17) is 15.5 Å². The van der Waals surface area contributed by atoms with Crippen molar-refractivity contribution in [2.45, 2.75) is 37.8 Å². The lowest BCUT2D eigenvalue weighted by atomic mass is 9.81. The number of aryl methyl sites for hydroxylation is 1. The first-order valence-corrected chi connectivity index (χ1v) is 12.5. The molecule has 1 aromatic carbocycles. The van der Waals surface area contributed by atoms with Crippen LogP contribution >= 0.6 is 0 Å². The van der Waals surface area contributed by atoms with Gasteiger partial charge in [0.1, 0.15) is 5.75 Å². The zero-order valence-corrected chi connectivity index (χ0v) is 21.2. The quantitative estimate of drug-likeness (QED) is 0.304. The molecule has 1 aliphatic carbocycles. The molecule has 7 nitrogen and oxygen atoms in total. The molecule has 0 unspecified atom stereocenters. The maximum Gasteiger partial charge on any atom is 0.417 e. The number of halogens is 3. The molecule has 1 aliphatic rings. The lowest BCUT2D eigenvalue weighted by Gasteiger charge is -2.25. The average Bonchev–Trinajstić information content (AvgIpc) is 3.35. The van der Waals surface area contributed by atoms with E-state index in [2.05, 4.69) is 16.2 Å². The van der Waals surface area contributed by atoms with E-state index in [0.717, 1.165) is 60.5 Å². The largest absolute Gasteiger partial charge is 0.439 e. The predicted octanol–water partition coefficient (Wildman–Crippen LogP) is 6.53. The Balaban J connectivity index is 1.28. The number of carbonyl (C=O) groups excluding carboxylic acids is 1. The molecule has 3 heterocycles. The van der Waals surface area contributed by atoms with Crippen LogP contribution in [0.1, 0.15) is 58.8 Å². The molecule has 200 valence electrons. The number of primary amides is 1. The summed E-state index contributed by atoms with van der Waals surface area (Å²) in [6.07, 6.45) is 5.31. The van der Waals surface area contributed by atoms with E-state index in [1.807, 2.05) is 31.4 Å². The molecule has 10 heteroatoms. The first-order chi connectivity index (χ1) is 18.7. The lowest BCUT2D eigenvalue weighted by molar-refractivity contribution is -0.137. The fraction of sp³-hybridized carbons (Fsp3) is 0.241. The van der Waals surface area contributed by atoms with E-state index < -0.39 is 17.6 Å². The highest BCUT2D eigenvalue weighted by Crippen LogP contribution is 2.38. The van der Waals surface area contributed by atoms with Gasteiger partial charge in [-0.05, 0) is 61.6 Å². The van der Waals surface area contributed by atoms with Crippen LogP contribution in [0.25, 0.3) is 17.3 Å². The molecule has 1 saturated carbocycles. The van der Waals surface area contributed by atoms with E-state index in [1.54, 1.807) is 29.1 Å². The van der Waals surface area contributed by atoms with Gasteiger partial charge in [0.2, 0.25) is 5.88 Å². The second-order valence-corrected chi connectivity index (χ2v) is 9.53. The molecule has 4 aromatic rings. The molecular weight excluding hydrogens is 507 g/mol. The van der Waals surface area contributed by atoms with Crippen molar-refractivity contribution in [1.29, 1.82) is 0 Å². The van der Waals surface area contributed by atoms with E-state index >= 15 is 0 Å². The van der Waals surface area contributed by atoms with Crippen molar-refractivity contribution >= 4 is 12.0 Å². The predicted molar refractivity (Wildman–Crippen MR) is 140 cm³/mol. The lowest BCUT2D eigenvalue weighted by Crippen LogP contribution is -2.19. The summed E-state index contributed by atoms with van der Waals surface area (Å²) < 4.78 is 45.7. The molecule has 0 aliphatic heterocycles. The number of hydrogen-bond donors (Lipinski definition) is 1. The number of hydrogen-bond acceptors (Lipinski definition) is 5. The highest BCUT2D eigenvalue weighted by atomic mass is 19.4. The zero-order valence-electron chi connectivity index (χ0n) is 21.2. The first kappa shape index (κ1) is 26.1. The third kappa shape index (κ3) is 6.17. The molecule has 0 spiro atoms. The Morgan fingerprint density at radius 2 is 1.90 bits per heavy atom. The number of rotatable bonds is 6. The van der Waals surface area contributed by atoms with Gasteiger partial charge in [0, 0.05) is 37.0 Å². The molecule has 3 aromatic heterocycles. The van der Waals surface area contributed by atoms with Gasteiger partial charge in [-0.15, -0.1) is 0 Å². The highest BCUT2D eigenvalue weighted by molar-refractivity contribution is 5.94. The Hall–Kier alpha value is -4.47.